The first-order valence-corrected chi connectivity index (χ1v) is 7.07. The van der Waals surface area contributed by atoms with E-state index in [1.54, 1.807) is 18.5 Å². The molecule has 0 atom stereocenters. The van der Waals surface area contributed by atoms with Gasteiger partial charge in [0.05, 0.1) is 18.9 Å². The van der Waals surface area contributed by atoms with Crippen molar-refractivity contribution in [1.29, 1.82) is 0 Å². The average Bonchev–Trinajstić information content (AvgIpc) is 2.46. The third-order valence-corrected chi connectivity index (χ3v) is 3.37. The second-order valence-corrected chi connectivity index (χ2v) is 4.61. The molecule has 106 valence electrons. The third-order valence-electron chi connectivity index (χ3n) is 3.20. The Labute approximate surface area is 119 Å². The van der Waals surface area contributed by atoms with E-state index in [0.29, 0.717) is 23.7 Å². The Kier molecular flexibility index (Phi) is 6.64. The second-order valence-electron chi connectivity index (χ2n) is 4.23. The van der Waals surface area contributed by atoms with Gasteiger partial charge in [0, 0.05) is 24.7 Å². The summed E-state index contributed by atoms with van der Waals surface area (Å²) in [6.07, 6.45) is 4.97. The number of ether oxygens (including phenoxy) is 1. The number of nitrogens with zero attached hydrogens (tertiary/aromatic N) is 2. The molecule has 4 nitrogen and oxygen atoms in total. The minimum Gasteiger partial charge on any atom is -0.494 e. The van der Waals surface area contributed by atoms with Gasteiger partial charge < -0.3 is 9.64 Å². The largest absolute Gasteiger partial charge is 0.494 e. The Hall–Kier alpha value is -1.29. The van der Waals surface area contributed by atoms with Crippen molar-refractivity contribution >= 4 is 17.5 Å². The Morgan fingerprint density at radius 2 is 2.16 bits per heavy atom. The molecule has 0 spiro atoms. The van der Waals surface area contributed by atoms with Crippen molar-refractivity contribution < 1.29 is 9.53 Å². The summed E-state index contributed by atoms with van der Waals surface area (Å²) in [7, 11) is 1.54. The Bertz CT molecular complexity index is 408. The van der Waals surface area contributed by atoms with Crippen LogP contribution in [0.25, 0.3) is 0 Å². The number of alkyl halides is 1. The molecule has 1 heterocycles. The molecular formula is C14H21ClN2O2. The van der Waals surface area contributed by atoms with Crippen molar-refractivity contribution in [1.82, 2.24) is 9.88 Å². The lowest BCUT2D eigenvalue weighted by Gasteiger charge is -2.30. The predicted molar refractivity (Wildman–Crippen MR) is 76.9 cm³/mol. The normalized spacial score (nSPS) is 10.6. The van der Waals surface area contributed by atoms with Crippen LogP contribution in [-0.2, 0) is 0 Å². The summed E-state index contributed by atoms with van der Waals surface area (Å²) >= 11 is 5.82. The standard InChI is InChI=1S/C14H21ClN2O2/c1-4-11(5-2)17(9-7-15)14(18)12-6-8-16-10-13(12)19-3/h6,8,10-11H,4-5,7,9H2,1-3H3. The number of amides is 1. The summed E-state index contributed by atoms with van der Waals surface area (Å²) in [4.78, 5) is 18.4. The maximum atomic E-state index is 12.6. The van der Waals surface area contributed by atoms with Crippen LogP contribution in [0, 0.1) is 0 Å². The first-order valence-electron chi connectivity index (χ1n) is 6.54. The zero-order chi connectivity index (χ0) is 14.3. The lowest BCUT2D eigenvalue weighted by molar-refractivity contribution is 0.0678. The van der Waals surface area contributed by atoms with Crippen LogP contribution in [0.1, 0.15) is 37.0 Å². The van der Waals surface area contributed by atoms with Gasteiger partial charge in [-0.05, 0) is 18.9 Å². The van der Waals surface area contributed by atoms with E-state index in [9.17, 15) is 4.79 Å². The highest BCUT2D eigenvalue weighted by Gasteiger charge is 2.24. The molecule has 0 unspecified atom stereocenters. The molecular weight excluding hydrogens is 264 g/mol. The molecule has 0 N–H and O–H groups in total. The lowest BCUT2D eigenvalue weighted by atomic mass is 10.1. The van der Waals surface area contributed by atoms with Crippen LogP contribution in [0.4, 0.5) is 0 Å². The van der Waals surface area contributed by atoms with Gasteiger partial charge in [-0.1, -0.05) is 13.8 Å². The summed E-state index contributed by atoms with van der Waals surface area (Å²) in [5.41, 5.74) is 0.537. The fourth-order valence-electron chi connectivity index (χ4n) is 2.14. The van der Waals surface area contributed by atoms with Crippen molar-refractivity contribution in [2.24, 2.45) is 0 Å². The van der Waals surface area contributed by atoms with Crippen molar-refractivity contribution in [3.8, 4) is 5.75 Å². The maximum Gasteiger partial charge on any atom is 0.258 e. The molecule has 0 bridgehead atoms. The predicted octanol–water partition coefficient (Wildman–Crippen LogP) is 2.96. The van der Waals surface area contributed by atoms with E-state index in [4.69, 9.17) is 16.3 Å². The van der Waals surface area contributed by atoms with Gasteiger partial charge in [-0.2, -0.15) is 0 Å². The molecule has 5 heteroatoms. The third kappa shape index (κ3) is 3.83. The highest BCUT2D eigenvalue weighted by Crippen LogP contribution is 2.21. The van der Waals surface area contributed by atoms with E-state index in [0.717, 1.165) is 12.8 Å². The second kappa shape index (κ2) is 8.00. The number of pyridine rings is 1. The molecule has 0 aromatic carbocycles. The van der Waals surface area contributed by atoms with E-state index < -0.39 is 0 Å². The van der Waals surface area contributed by atoms with Gasteiger partial charge in [0.15, 0.2) is 0 Å². The number of rotatable bonds is 7. The number of aromatic nitrogens is 1. The van der Waals surface area contributed by atoms with E-state index in [-0.39, 0.29) is 11.9 Å². The monoisotopic (exact) mass is 284 g/mol. The van der Waals surface area contributed by atoms with Crippen molar-refractivity contribution in [2.75, 3.05) is 19.5 Å². The van der Waals surface area contributed by atoms with Crippen LogP contribution in [0.2, 0.25) is 0 Å². The molecule has 0 aliphatic heterocycles. The van der Waals surface area contributed by atoms with E-state index in [2.05, 4.69) is 18.8 Å². The van der Waals surface area contributed by atoms with Gasteiger partial charge in [-0.25, -0.2) is 0 Å². The molecule has 1 aromatic heterocycles. The van der Waals surface area contributed by atoms with Gasteiger partial charge in [0.25, 0.3) is 5.91 Å². The van der Waals surface area contributed by atoms with Crippen LogP contribution in [0.5, 0.6) is 5.75 Å². The quantitative estimate of drug-likeness (QED) is 0.723. The number of halogens is 1. The average molecular weight is 285 g/mol. The number of carbonyl (C=O) groups excluding carboxylic acids is 1. The van der Waals surface area contributed by atoms with Crippen LogP contribution in [0.15, 0.2) is 18.5 Å². The summed E-state index contributed by atoms with van der Waals surface area (Å²) in [5, 5.41) is 0. The fourth-order valence-corrected chi connectivity index (χ4v) is 2.33. The Balaban J connectivity index is 3.04. The number of methoxy groups -OCH3 is 1. The molecule has 19 heavy (non-hydrogen) atoms. The molecule has 0 aliphatic rings. The topological polar surface area (TPSA) is 42.4 Å². The number of hydrogen-bond acceptors (Lipinski definition) is 3. The smallest absolute Gasteiger partial charge is 0.258 e. The molecule has 0 aliphatic carbocycles. The summed E-state index contributed by atoms with van der Waals surface area (Å²) < 4.78 is 5.20. The minimum atomic E-state index is -0.0476. The van der Waals surface area contributed by atoms with Crippen LogP contribution in [-0.4, -0.2) is 41.4 Å². The van der Waals surface area contributed by atoms with Gasteiger partial charge >= 0.3 is 0 Å². The van der Waals surface area contributed by atoms with E-state index in [1.807, 2.05) is 4.90 Å². The highest BCUT2D eigenvalue weighted by molar-refractivity contribution is 6.18. The Morgan fingerprint density at radius 1 is 1.47 bits per heavy atom. The highest BCUT2D eigenvalue weighted by atomic mass is 35.5. The number of carbonyl (C=O) groups is 1. The molecule has 0 saturated carbocycles. The molecule has 0 saturated heterocycles. The summed E-state index contributed by atoms with van der Waals surface area (Å²) in [5.74, 6) is 0.877. The van der Waals surface area contributed by atoms with Gasteiger partial charge in [-0.15, -0.1) is 11.6 Å². The molecule has 1 aromatic rings. The van der Waals surface area contributed by atoms with Gasteiger partial charge in [-0.3, -0.25) is 9.78 Å². The SMILES string of the molecule is CCC(CC)N(CCCl)C(=O)c1ccncc1OC. The van der Waals surface area contributed by atoms with Crippen LogP contribution >= 0.6 is 11.6 Å². The fraction of sp³-hybridized carbons (Fsp3) is 0.571. The van der Waals surface area contributed by atoms with Gasteiger partial charge in [0.2, 0.25) is 0 Å². The van der Waals surface area contributed by atoms with E-state index in [1.165, 1.54) is 7.11 Å². The summed E-state index contributed by atoms with van der Waals surface area (Å²) in [6.45, 7) is 4.69. The van der Waals surface area contributed by atoms with Crippen LogP contribution in [0.3, 0.4) is 0 Å². The first-order chi connectivity index (χ1) is 9.19. The molecule has 0 fully saturated rings. The summed E-state index contributed by atoms with van der Waals surface area (Å²) in [6, 6.07) is 1.88. The number of hydrogen-bond donors (Lipinski definition) is 0. The van der Waals surface area contributed by atoms with Crippen molar-refractivity contribution in [3.05, 3.63) is 24.0 Å². The molecule has 1 amide bonds. The van der Waals surface area contributed by atoms with Crippen molar-refractivity contribution in [2.45, 2.75) is 32.7 Å². The molecule has 1 rings (SSSR count). The minimum absolute atomic E-state index is 0.0476. The lowest BCUT2D eigenvalue weighted by Crippen LogP contribution is -2.41. The van der Waals surface area contributed by atoms with Gasteiger partial charge in [0.1, 0.15) is 5.75 Å². The zero-order valence-electron chi connectivity index (χ0n) is 11.7. The Morgan fingerprint density at radius 3 is 2.68 bits per heavy atom. The zero-order valence-corrected chi connectivity index (χ0v) is 12.5. The molecule has 0 radical (unpaired) electrons. The van der Waals surface area contributed by atoms with E-state index >= 15 is 0 Å². The van der Waals surface area contributed by atoms with Crippen molar-refractivity contribution in [3.63, 3.8) is 0 Å². The maximum absolute atomic E-state index is 12.6. The van der Waals surface area contributed by atoms with Crippen LogP contribution < -0.4 is 4.74 Å². The first kappa shape index (κ1) is 15.8.